The first-order chi connectivity index (χ1) is 11.5. The Kier molecular flexibility index (Phi) is 14.1. The molecule has 0 fully saturated rings. The molecule has 5 nitrogen and oxygen atoms in total. The Balaban J connectivity index is 5.14. The fraction of sp³-hybridized carbons (Fsp3) is 0.895. The maximum absolute atomic E-state index is 12.1. The molecule has 0 amide bonds. The molecule has 0 rings (SSSR count). The van der Waals surface area contributed by atoms with Crippen LogP contribution < -0.4 is 0 Å². The van der Waals surface area contributed by atoms with E-state index in [-0.39, 0.29) is 11.6 Å². The molecular weight excluding hydrogens is 308 g/mol. The van der Waals surface area contributed by atoms with Gasteiger partial charge in [-0.2, -0.15) is 0 Å². The lowest BCUT2D eigenvalue weighted by atomic mass is 10.0. The predicted octanol–water partition coefficient (Wildman–Crippen LogP) is 3.72. The Bertz CT molecular complexity index is 315. The molecule has 0 spiro atoms. The number of ether oxygens (including phenoxy) is 3. The Labute approximate surface area is 147 Å². The molecule has 0 bridgehead atoms. The zero-order valence-corrected chi connectivity index (χ0v) is 16.1. The Hall–Kier alpha value is -0.780. The normalized spacial score (nSPS) is 13.9. The van der Waals surface area contributed by atoms with Gasteiger partial charge in [0.25, 0.3) is 0 Å². The van der Waals surface area contributed by atoms with Crippen LogP contribution in [0.2, 0.25) is 0 Å². The first-order valence-corrected chi connectivity index (χ1v) is 9.35. The summed E-state index contributed by atoms with van der Waals surface area (Å²) in [5.74, 6) is -0.254. The van der Waals surface area contributed by atoms with Gasteiger partial charge in [-0.3, -0.25) is 9.59 Å². The van der Waals surface area contributed by atoms with Crippen molar-refractivity contribution in [1.82, 2.24) is 0 Å². The molecule has 0 radical (unpaired) electrons. The van der Waals surface area contributed by atoms with Crippen LogP contribution in [0, 0.1) is 0 Å². The minimum atomic E-state index is -0.760. The number of rotatable bonds is 16. The van der Waals surface area contributed by atoms with E-state index >= 15 is 0 Å². The van der Waals surface area contributed by atoms with Crippen molar-refractivity contribution in [3.63, 3.8) is 0 Å². The van der Waals surface area contributed by atoms with E-state index in [1.807, 2.05) is 0 Å². The Morgan fingerprint density at radius 3 is 1.29 bits per heavy atom. The molecule has 0 N–H and O–H groups in total. The van der Waals surface area contributed by atoms with Crippen LogP contribution in [0.4, 0.5) is 0 Å². The monoisotopic (exact) mass is 344 g/mol. The highest BCUT2D eigenvalue weighted by molar-refractivity contribution is 5.85. The van der Waals surface area contributed by atoms with Crippen LogP contribution in [0.15, 0.2) is 0 Å². The lowest BCUT2D eigenvalue weighted by molar-refractivity contribution is -0.166. The summed E-state index contributed by atoms with van der Waals surface area (Å²) in [6.45, 7) is 10.6. The molecule has 0 unspecified atom stereocenters. The van der Waals surface area contributed by atoms with E-state index in [0.717, 1.165) is 38.5 Å². The standard InChI is InChI=1S/C19H36O5/c1-6-9-12-22-17(15(4)20)19(24-14-11-8-3)18(16(5)21)23-13-10-7-2/h17-19H,6-14H2,1-5H3/t17-,18-/m0/s1. The van der Waals surface area contributed by atoms with Crippen LogP contribution in [-0.4, -0.2) is 49.7 Å². The number of Topliss-reactive ketones (excluding diaryl/α,β-unsaturated/α-hetero) is 2. The SMILES string of the molecule is CCCCOC([C@@H](OCCCC)C(C)=O)[C@@H](OCCCC)C(C)=O. The summed E-state index contributed by atoms with van der Waals surface area (Å²) in [4.78, 5) is 24.2. The Morgan fingerprint density at radius 2 is 1.00 bits per heavy atom. The number of carbonyl (C=O) groups is 2. The van der Waals surface area contributed by atoms with Crippen molar-refractivity contribution in [2.24, 2.45) is 0 Å². The largest absolute Gasteiger partial charge is 0.372 e. The summed E-state index contributed by atoms with van der Waals surface area (Å²) in [6, 6.07) is 0. The molecule has 142 valence electrons. The summed E-state index contributed by atoms with van der Waals surface area (Å²) in [7, 11) is 0. The molecule has 0 saturated heterocycles. The van der Waals surface area contributed by atoms with E-state index in [4.69, 9.17) is 14.2 Å². The maximum Gasteiger partial charge on any atom is 0.161 e. The fourth-order valence-corrected chi connectivity index (χ4v) is 2.29. The molecule has 0 aliphatic heterocycles. The molecule has 24 heavy (non-hydrogen) atoms. The third kappa shape index (κ3) is 9.50. The van der Waals surface area contributed by atoms with Gasteiger partial charge >= 0.3 is 0 Å². The second-order valence-corrected chi connectivity index (χ2v) is 6.20. The predicted molar refractivity (Wildman–Crippen MR) is 95.3 cm³/mol. The highest BCUT2D eigenvalue weighted by atomic mass is 16.6. The van der Waals surface area contributed by atoms with Crippen molar-refractivity contribution in [3.05, 3.63) is 0 Å². The lowest BCUT2D eigenvalue weighted by Gasteiger charge is -2.31. The number of unbranched alkanes of at least 4 members (excludes halogenated alkanes) is 3. The van der Waals surface area contributed by atoms with Crippen LogP contribution in [0.25, 0.3) is 0 Å². The zero-order chi connectivity index (χ0) is 18.4. The molecule has 0 aromatic carbocycles. The summed E-state index contributed by atoms with van der Waals surface area (Å²) in [6.07, 6.45) is 3.35. The number of hydrogen-bond acceptors (Lipinski definition) is 5. The lowest BCUT2D eigenvalue weighted by Crippen LogP contribution is -2.49. The highest BCUT2D eigenvalue weighted by Crippen LogP contribution is 2.17. The second-order valence-electron chi connectivity index (χ2n) is 6.20. The number of ketones is 2. The molecule has 5 heteroatoms. The van der Waals surface area contributed by atoms with E-state index < -0.39 is 18.3 Å². The molecular formula is C19H36O5. The number of carbonyl (C=O) groups excluding carboxylic acids is 2. The number of hydrogen-bond donors (Lipinski definition) is 0. The van der Waals surface area contributed by atoms with Gasteiger partial charge < -0.3 is 14.2 Å². The average molecular weight is 344 g/mol. The van der Waals surface area contributed by atoms with Gasteiger partial charge in [-0.25, -0.2) is 0 Å². The molecule has 0 aromatic rings. The topological polar surface area (TPSA) is 61.8 Å². The van der Waals surface area contributed by atoms with Crippen molar-refractivity contribution in [1.29, 1.82) is 0 Å². The maximum atomic E-state index is 12.1. The molecule has 0 saturated carbocycles. The summed E-state index contributed by atoms with van der Waals surface area (Å²) >= 11 is 0. The first kappa shape index (κ1) is 23.2. The van der Waals surface area contributed by atoms with Gasteiger partial charge in [0.15, 0.2) is 11.6 Å². The molecule has 2 atom stereocenters. The van der Waals surface area contributed by atoms with Crippen LogP contribution in [0.3, 0.4) is 0 Å². The molecule has 0 aliphatic carbocycles. The van der Waals surface area contributed by atoms with E-state index in [1.54, 1.807) is 0 Å². The van der Waals surface area contributed by atoms with E-state index in [0.29, 0.717) is 19.8 Å². The van der Waals surface area contributed by atoms with Crippen LogP contribution in [0.1, 0.15) is 73.1 Å². The quantitative estimate of drug-likeness (QED) is 0.399. The van der Waals surface area contributed by atoms with Gasteiger partial charge in [0.05, 0.1) is 0 Å². The van der Waals surface area contributed by atoms with Gasteiger partial charge in [0.2, 0.25) is 0 Å². The first-order valence-electron chi connectivity index (χ1n) is 9.35. The van der Waals surface area contributed by atoms with Crippen LogP contribution >= 0.6 is 0 Å². The van der Waals surface area contributed by atoms with Gasteiger partial charge in [0, 0.05) is 19.8 Å². The van der Waals surface area contributed by atoms with Gasteiger partial charge in [-0.05, 0) is 33.1 Å². The second kappa shape index (κ2) is 14.6. The van der Waals surface area contributed by atoms with Crippen molar-refractivity contribution in [2.75, 3.05) is 19.8 Å². The third-order valence-corrected chi connectivity index (χ3v) is 3.80. The molecule has 0 heterocycles. The van der Waals surface area contributed by atoms with Gasteiger partial charge in [-0.15, -0.1) is 0 Å². The van der Waals surface area contributed by atoms with E-state index in [2.05, 4.69) is 20.8 Å². The summed E-state index contributed by atoms with van der Waals surface area (Å²) < 4.78 is 17.4. The van der Waals surface area contributed by atoms with Crippen molar-refractivity contribution in [3.8, 4) is 0 Å². The van der Waals surface area contributed by atoms with Crippen LogP contribution in [-0.2, 0) is 23.8 Å². The van der Waals surface area contributed by atoms with Crippen molar-refractivity contribution in [2.45, 2.75) is 91.5 Å². The van der Waals surface area contributed by atoms with Crippen molar-refractivity contribution >= 4 is 11.6 Å². The molecule has 0 aromatic heterocycles. The minimum Gasteiger partial charge on any atom is -0.372 e. The minimum absolute atomic E-state index is 0.127. The highest BCUT2D eigenvalue weighted by Gasteiger charge is 2.37. The Morgan fingerprint density at radius 1 is 0.667 bits per heavy atom. The van der Waals surface area contributed by atoms with E-state index in [9.17, 15) is 9.59 Å². The smallest absolute Gasteiger partial charge is 0.161 e. The van der Waals surface area contributed by atoms with Gasteiger partial charge in [0.1, 0.15) is 18.3 Å². The summed E-state index contributed by atoms with van der Waals surface area (Å²) in [5, 5.41) is 0. The van der Waals surface area contributed by atoms with Crippen molar-refractivity contribution < 1.29 is 23.8 Å². The third-order valence-electron chi connectivity index (χ3n) is 3.80. The van der Waals surface area contributed by atoms with Crippen LogP contribution in [0.5, 0.6) is 0 Å². The summed E-state index contributed by atoms with van der Waals surface area (Å²) in [5.41, 5.74) is 0. The molecule has 0 aliphatic rings. The fourth-order valence-electron chi connectivity index (χ4n) is 2.29. The average Bonchev–Trinajstić information content (AvgIpc) is 2.53. The van der Waals surface area contributed by atoms with E-state index in [1.165, 1.54) is 13.8 Å². The zero-order valence-electron chi connectivity index (χ0n) is 16.1. The van der Waals surface area contributed by atoms with Gasteiger partial charge in [-0.1, -0.05) is 40.0 Å².